The third-order valence-electron chi connectivity index (χ3n) is 3.35. The van der Waals surface area contributed by atoms with Crippen molar-refractivity contribution in [1.82, 2.24) is 24.9 Å². The molecule has 1 amide bonds. The molecular formula is C13H17N5O3. The van der Waals surface area contributed by atoms with Gasteiger partial charge in [0.1, 0.15) is 12.2 Å². The van der Waals surface area contributed by atoms with E-state index >= 15 is 0 Å². The molecule has 0 aliphatic rings. The molecule has 1 unspecified atom stereocenters. The summed E-state index contributed by atoms with van der Waals surface area (Å²) in [5, 5.41) is 19.7. The lowest BCUT2D eigenvalue weighted by Crippen LogP contribution is -2.31. The number of hydrogen-bond donors (Lipinski definition) is 2. The molecule has 0 bridgehead atoms. The first-order valence-electron chi connectivity index (χ1n) is 6.43. The van der Waals surface area contributed by atoms with Crippen LogP contribution < -0.4 is 5.32 Å². The number of rotatable bonds is 5. The van der Waals surface area contributed by atoms with Crippen LogP contribution in [0.4, 0.5) is 0 Å². The highest BCUT2D eigenvalue weighted by Gasteiger charge is 2.17. The van der Waals surface area contributed by atoms with Gasteiger partial charge in [0.25, 0.3) is 0 Å². The van der Waals surface area contributed by atoms with Crippen LogP contribution in [0, 0.1) is 6.92 Å². The van der Waals surface area contributed by atoms with Crippen LogP contribution in [0.3, 0.4) is 0 Å². The third-order valence-corrected chi connectivity index (χ3v) is 3.35. The van der Waals surface area contributed by atoms with Crippen LogP contribution in [0.2, 0.25) is 0 Å². The first-order chi connectivity index (χ1) is 9.90. The lowest BCUT2D eigenvalue weighted by Gasteiger charge is -2.14. The van der Waals surface area contributed by atoms with Gasteiger partial charge in [0, 0.05) is 24.5 Å². The van der Waals surface area contributed by atoms with Crippen molar-refractivity contribution in [3.8, 4) is 0 Å². The summed E-state index contributed by atoms with van der Waals surface area (Å²) in [6, 6.07) is 1.14. The van der Waals surface area contributed by atoms with Crippen molar-refractivity contribution in [2.45, 2.75) is 26.4 Å². The van der Waals surface area contributed by atoms with E-state index in [1.807, 2.05) is 20.9 Å². The highest BCUT2D eigenvalue weighted by molar-refractivity contribution is 5.86. The van der Waals surface area contributed by atoms with Gasteiger partial charge in [0.05, 0.1) is 12.2 Å². The summed E-state index contributed by atoms with van der Waals surface area (Å²) in [7, 11) is 1.83. The van der Waals surface area contributed by atoms with Crippen molar-refractivity contribution >= 4 is 11.9 Å². The zero-order valence-corrected chi connectivity index (χ0v) is 12.1. The number of carbonyl (C=O) groups is 2. The summed E-state index contributed by atoms with van der Waals surface area (Å²) in [6.45, 7) is 3.63. The quantitative estimate of drug-likeness (QED) is 0.835. The molecule has 2 heterocycles. The van der Waals surface area contributed by atoms with E-state index in [0.29, 0.717) is 0 Å². The Bertz CT molecular complexity index is 673. The van der Waals surface area contributed by atoms with Gasteiger partial charge in [-0.2, -0.15) is 10.2 Å². The number of aryl methyl sites for hydroxylation is 1. The van der Waals surface area contributed by atoms with Crippen LogP contribution in [-0.2, 0) is 18.4 Å². The number of carboxylic acids is 1. The topological polar surface area (TPSA) is 102 Å². The van der Waals surface area contributed by atoms with Crippen LogP contribution in [0.15, 0.2) is 18.5 Å². The van der Waals surface area contributed by atoms with Gasteiger partial charge in [-0.15, -0.1) is 0 Å². The maximum absolute atomic E-state index is 12.0. The molecular weight excluding hydrogens is 274 g/mol. The Morgan fingerprint density at radius 2 is 2.14 bits per heavy atom. The zero-order valence-electron chi connectivity index (χ0n) is 12.1. The molecule has 0 saturated carbocycles. The van der Waals surface area contributed by atoms with E-state index in [0.717, 1.165) is 15.9 Å². The maximum atomic E-state index is 12.0. The summed E-state index contributed by atoms with van der Waals surface area (Å²) in [5.41, 5.74) is 1.87. The van der Waals surface area contributed by atoms with Crippen molar-refractivity contribution < 1.29 is 14.7 Å². The molecule has 0 aliphatic heterocycles. The van der Waals surface area contributed by atoms with E-state index in [-0.39, 0.29) is 24.2 Å². The largest absolute Gasteiger partial charge is 0.477 e. The summed E-state index contributed by atoms with van der Waals surface area (Å²) in [4.78, 5) is 22.9. The average molecular weight is 291 g/mol. The molecule has 1 atom stereocenters. The molecule has 0 radical (unpaired) electrons. The van der Waals surface area contributed by atoms with Crippen LogP contribution >= 0.6 is 0 Å². The van der Waals surface area contributed by atoms with Crippen LogP contribution in [-0.4, -0.2) is 36.5 Å². The number of carbonyl (C=O) groups excluding carboxylic acids is 1. The predicted molar refractivity (Wildman–Crippen MR) is 73.7 cm³/mol. The smallest absolute Gasteiger partial charge is 0.354 e. The first-order valence-corrected chi connectivity index (χ1v) is 6.43. The molecule has 21 heavy (non-hydrogen) atoms. The summed E-state index contributed by atoms with van der Waals surface area (Å²) in [5.74, 6) is -1.42. The lowest BCUT2D eigenvalue weighted by molar-refractivity contribution is -0.122. The summed E-state index contributed by atoms with van der Waals surface area (Å²) < 4.78 is 2.88. The minimum atomic E-state index is -1.11. The fraction of sp³-hybridized carbons (Fsp3) is 0.385. The summed E-state index contributed by atoms with van der Waals surface area (Å²) >= 11 is 0. The minimum Gasteiger partial charge on any atom is -0.477 e. The molecule has 8 nitrogen and oxygen atoms in total. The van der Waals surface area contributed by atoms with E-state index in [9.17, 15) is 9.59 Å². The SMILES string of the molecule is Cc1c(C(C)NC(=O)Cn2nccc2C(=O)O)cnn1C. The first kappa shape index (κ1) is 14.8. The molecule has 2 aromatic rings. The van der Waals surface area contributed by atoms with Crippen molar-refractivity contribution in [1.29, 1.82) is 0 Å². The molecule has 2 N–H and O–H groups in total. The zero-order chi connectivity index (χ0) is 15.6. The number of aromatic nitrogens is 4. The predicted octanol–water partition coefficient (Wildman–Crippen LogP) is 0.501. The molecule has 0 aromatic carbocycles. The molecule has 0 fully saturated rings. The molecule has 0 aliphatic carbocycles. The Labute approximate surface area is 121 Å². The van der Waals surface area contributed by atoms with Crippen LogP contribution in [0.1, 0.15) is 34.7 Å². The van der Waals surface area contributed by atoms with E-state index in [1.54, 1.807) is 10.9 Å². The monoisotopic (exact) mass is 291 g/mol. The molecule has 2 rings (SSSR count). The maximum Gasteiger partial charge on any atom is 0.354 e. The second-order valence-corrected chi connectivity index (χ2v) is 4.78. The fourth-order valence-corrected chi connectivity index (χ4v) is 2.08. The van der Waals surface area contributed by atoms with Crippen LogP contribution in [0.5, 0.6) is 0 Å². The highest BCUT2D eigenvalue weighted by atomic mass is 16.4. The molecule has 2 aromatic heterocycles. The molecule has 8 heteroatoms. The van der Waals surface area contributed by atoms with E-state index < -0.39 is 5.97 Å². The van der Waals surface area contributed by atoms with Crippen molar-refractivity contribution in [3.05, 3.63) is 35.4 Å². The number of hydrogen-bond acceptors (Lipinski definition) is 4. The van der Waals surface area contributed by atoms with E-state index in [2.05, 4.69) is 15.5 Å². The van der Waals surface area contributed by atoms with Crippen molar-refractivity contribution in [2.75, 3.05) is 0 Å². The number of aromatic carboxylic acids is 1. The van der Waals surface area contributed by atoms with Gasteiger partial charge in [-0.25, -0.2) is 9.48 Å². The number of nitrogens with zero attached hydrogens (tertiary/aromatic N) is 4. The molecule has 112 valence electrons. The van der Waals surface area contributed by atoms with Crippen LogP contribution in [0.25, 0.3) is 0 Å². The van der Waals surface area contributed by atoms with Gasteiger partial charge in [-0.05, 0) is 19.9 Å². The Morgan fingerprint density at radius 1 is 1.43 bits per heavy atom. The fourth-order valence-electron chi connectivity index (χ4n) is 2.08. The Hall–Kier alpha value is -2.64. The third kappa shape index (κ3) is 3.10. The van der Waals surface area contributed by atoms with Gasteiger partial charge in [0.2, 0.25) is 5.91 Å². The van der Waals surface area contributed by atoms with Gasteiger partial charge in [0.15, 0.2) is 0 Å². The van der Waals surface area contributed by atoms with Crippen molar-refractivity contribution in [2.24, 2.45) is 7.05 Å². The standard InChI is InChI=1S/C13H17N5O3/c1-8(10-6-15-17(3)9(10)2)16-12(19)7-18-11(13(20)21)4-5-14-18/h4-6,8H,7H2,1-3H3,(H,16,19)(H,20,21). The van der Waals surface area contributed by atoms with E-state index in [1.165, 1.54) is 12.3 Å². The second-order valence-electron chi connectivity index (χ2n) is 4.78. The second kappa shape index (κ2) is 5.78. The van der Waals surface area contributed by atoms with Gasteiger partial charge in [-0.3, -0.25) is 9.48 Å². The number of amides is 1. The Morgan fingerprint density at radius 3 is 2.71 bits per heavy atom. The normalized spacial score (nSPS) is 12.1. The van der Waals surface area contributed by atoms with Crippen molar-refractivity contribution in [3.63, 3.8) is 0 Å². The van der Waals surface area contributed by atoms with E-state index in [4.69, 9.17) is 5.11 Å². The van der Waals surface area contributed by atoms with Gasteiger partial charge < -0.3 is 10.4 Å². The highest BCUT2D eigenvalue weighted by Crippen LogP contribution is 2.15. The number of carboxylic acid groups (broad SMARTS) is 1. The Balaban J connectivity index is 2.03. The summed E-state index contributed by atoms with van der Waals surface area (Å²) in [6.07, 6.45) is 3.06. The molecule has 0 spiro atoms. The average Bonchev–Trinajstić information content (AvgIpc) is 2.98. The minimum absolute atomic E-state index is 0.0182. The molecule has 0 saturated heterocycles. The lowest BCUT2D eigenvalue weighted by atomic mass is 10.1. The van der Waals surface area contributed by atoms with Gasteiger partial charge in [-0.1, -0.05) is 0 Å². The number of nitrogens with one attached hydrogen (secondary N) is 1. The van der Waals surface area contributed by atoms with Gasteiger partial charge >= 0.3 is 5.97 Å². The Kier molecular flexibility index (Phi) is 4.06.